The van der Waals surface area contributed by atoms with Gasteiger partial charge in [-0.15, -0.1) is 0 Å². The summed E-state index contributed by atoms with van der Waals surface area (Å²) < 4.78 is 32.3. The van der Waals surface area contributed by atoms with Crippen molar-refractivity contribution in [3.63, 3.8) is 0 Å². The molecule has 2 aromatic rings. The number of carbonyl (C=O) groups excluding carboxylic acids is 1. The zero-order chi connectivity index (χ0) is 19.6. The summed E-state index contributed by atoms with van der Waals surface area (Å²) in [5.41, 5.74) is -0.631. The first-order chi connectivity index (χ1) is 12.1. The first kappa shape index (κ1) is 19.6. The van der Waals surface area contributed by atoms with Crippen LogP contribution in [0.3, 0.4) is 0 Å². The van der Waals surface area contributed by atoms with E-state index in [0.29, 0.717) is 0 Å². The molecule has 0 unspecified atom stereocenters. The third-order valence-corrected chi connectivity index (χ3v) is 5.67. The van der Waals surface area contributed by atoms with Crippen LogP contribution in [0.15, 0.2) is 44.8 Å². The van der Waals surface area contributed by atoms with Gasteiger partial charge in [-0.05, 0) is 24.3 Å². The number of rotatable bonds is 5. The molecule has 0 aliphatic carbocycles. The first-order valence-electron chi connectivity index (χ1n) is 7.51. The lowest BCUT2D eigenvalue weighted by atomic mass is 10.2. The summed E-state index contributed by atoms with van der Waals surface area (Å²) in [5.74, 6) is -0.702. The lowest BCUT2D eigenvalue weighted by molar-refractivity contribution is 0.0462. The number of aromatic nitrogens is 2. The molecule has 2 rings (SSSR count). The molecule has 0 amide bonds. The molecule has 26 heavy (non-hydrogen) atoms. The number of ether oxygens (including phenoxy) is 1. The maximum absolute atomic E-state index is 12.1. The Hall–Kier alpha value is -2.72. The van der Waals surface area contributed by atoms with E-state index < -0.39 is 27.2 Å². The second-order valence-corrected chi connectivity index (χ2v) is 7.91. The number of benzene rings is 1. The summed E-state index contributed by atoms with van der Waals surface area (Å²) in [6, 6.07) is 6.49. The molecule has 0 saturated heterocycles. The molecule has 0 fully saturated rings. The summed E-state index contributed by atoms with van der Waals surface area (Å²) in [7, 11) is 2.04. The predicted octanol–water partition coefficient (Wildman–Crippen LogP) is -0.309. The van der Waals surface area contributed by atoms with E-state index >= 15 is 0 Å². The van der Waals surface area contributed by atoms with Gasteiger partial charge in [-0.25, -0.2) is 22.3 Å². The van der Waals surface area contributed by atoms with Crippen LogP contribution in [0.1, 0.15) is 16.1 Å². The Bertz CT molecular complexity index is 1050. The van der Waals surface area contributed by atoms with Gasteiger partial charge in [0.25, 0.3) is 5.56 Å². The topological polar surface area (TPSA) is 108 Å². The van der Waals surface area contributed by atoms with Gasteiger partial charge in [0.15, 0.2) is 0 Å². The second kappa shape index (κ2) is 7.26. The third-order valence-electron chi connectivity index (χ3n) is 3.85. The second-order valence-electron chi connectivity index (χ2n) is 5.76. The van der Waals surface area contributed by atoms with E-state index in [-0.39, 0.29) is 22.8 Å². The molecule has 9 nitrogen and oxygen atoms in total. The van der Waals surface area contributed by atoms with Gasteiger partial charge < -0.3 is 4.74 Å². The molecule has 0 spiro atoms. The number of nitrogens with zero attached hydrogens (tertiary/aromatic N) is 3. The average Bonchev–Trinajstić information content (AvgIpc) is 2.61. The SMILES string of the molecule is CN(C)S(=O)(=O)c1ccc(C(=O)OCc2cc(=O)n(C)c(=O)n2C)cc1. The van der Waals surface area contributed by atoms with Crippen molar-refractivity contribution in [1.82, 2.24) is 13.4 Å². The van der Waals surface area contributed by atoms with Crippen LogP contribution in [0.25, 0.3) is 0 Å². The van der Waals surface area contributed by atoms with Crippen molar-refractivity contribution in [3.8, 4) is 0 Å². The van der Waals surface area contributed by atoms with Gasteiger partial charge in [0.05, 0.1) is 16.2 Å². The summed E-state index contributed by atoms with van der Waals surface area (Å²) in [6.45, 7) is -0.265. The van der Waals surface area contributed by atoms with E-state index in [9.17, 15) is 22.8 Å². The van der Waals surface area contributed by atoms with Gasteiger partial charge in [-0.1, -0.05) is 0 Å². The molecule has 0 atom stereocenters. The average molecular weight is 381 g/mol. The number of carbonyl (C=O) groups is 1. The minimum atomic E-state index is -3.59. The van der Waals surface area contributed by atoms with Crippen molar-refractivity contribution >= 4 is 16.0 Å². The Morgan fingerprint density at radius 2 is 1.65 bits per heavy atom. The molecule has 0 saturated carbocycles. The maximum Gasteiger partial charge on any atom is 0.338 e. The quantitative estimate of drug-likeness (QED) is 0.658. The van der Waals surface area contributed by atoms with Crippen molar-refractivity contribution in [1.29, 1.82) is 0 Å². The smallest absolute Gasteiger partial charge is 0.338 e. The van der Waals surface area contributed by atoms with E-state index in [2.05, 4.69) is 0 Å². The monoisotopic (exact) mass is 381 g/mol. The van der Waals surface area contributed by atoms with Crippen molar-refractivity contribution < 1.29 is 17.9 Å². The van der Waals surface area contributed by atoms with Crippen LogP contribution < -0.4 is 11.2 Å². The zero-order valence-electron chi connectivity index (χ0n) is 14.8. The first-order valence-corrected chi connectivity index (χ1v) is 8.95. The largest absolute Gasteiger partial charge is 0.456 e. The Kier molecular flexibility index (Phi) is 5.47. The Labute approximate surface area is 150 Å². The summed E-state index contributed by atoms with van der Waals surface area (Å²) >= 11 is 0. The molecule has 0 aliphatic heterocycles. The van der Waals surface area contributed by atoms with Gasteiger partial charge in [0.1, 0.15) is 6.61 Å². The molecule has 0 radical (unpaired) electrons. The van der Waals surface area contributed by atoms with Crippen molar-refractivity contribution in [3.05, 3.63) is 62.4 Å². The number of sulfonamides is 1. The Balaban J connectivity index is 2.17. The molecule has 0 bridgehead atoms. The third kappa shape index (κ3) is 3.75. The van der Waals surface area contributed by atoms with Gasteiger partial charge in [-0.3, -0.25) is 13.9 Å². The zero-order valence-corrected chi connectivity index (χ0v) is 15.6. The van der Waals surface area contributed by atoms with Crippen molar-refractivity contribution in [2.45, 2.75) is 11.5 Å². The minimum Gasteiger partial charge on any atom is -0.456 e. The standard InChI is InChI=1S/C16H19N3O6S/c1-17(2)26(23,24)13-7-5-11(6-8-13)15(21)25-10-12-9-14(20)19(4)16(22)18(12)3/h5-9H,10H2,1-4H3. The van der Waals surface area contributed by atoms with Crippen LogP contribution in [-0.4, -0.2) is 41.9 Å². The number of hydrogen-bond acceptors (Lipinski definition) is 6. The lowest BCUT2D eigenvalue weighted by Crippen LogP contribution is -2.38. The predicted molar refractivity (Wildman–Crippen MR) is 93.4 cm³/mol. The van der Waals surface area contributed by atoms with Crippen LogP contribution in [-0.2, 0) is 35.5 Å². The van der Waals surface area contributed by atoms with Crippen LogP contribution in [0.4, 0.5) is 0 Å². The highest BCUT2D eigenvalue weighted by Gasteiger charge is 2.18. The Morgan fingerprint density at radius 1 is 1.08 bits per heavy atom. The van der Waals surface area contributed by atoms with E-state index in [1.807, 2.05) is 0 Å². The fraction of sp³-hybridized carbons (Fsp3) is 0.312. The molecule has 1 aromatic carbocycles. The fourth-order valence-corrected chi connectivity index (χ4v) is 3.02. The van der Waals surface area contributed by atoms with Gasteiger partial charge >= 0.3 is 11.7 Å². The van der Waals surface area contributed by atoms with Crippen LogP contribution >= 0.6 is 0 Å². The van der Waals surface area contributed by atoms with Crippen LogP contribution in [0, 0.1) is 0 Å². The summed E-state index contributed by atoms with van der Waals surface area (Å²) in [6.07, 6.45) is 0. The van der Waals surface area contributed by atoms with Crippen LogP contribution in [0.2, 0.25) is 0 Å². The number of hydrogen-bond donors (Lipinski definition) is 0. The normalized spacial score (nSPS) is 11.6. The van der Waals surface area contributed by atoms with E-state index in [1.165, 1.54) is 63.1 Å². The molecule has 1 aromatic heterocycles. The molecule has 1 heterocycles. The lowest BCUT2D eigenvalue weighted by Gasteiger charge is -2.12. The summed E-state index contributed by atoms with van der Waals surface area (Å²) in [5, 5.41) is 0. The maximum atomic E-state index is 12.1. The number of esters is 1. The molecular formula is C16H19N3O6S. The summed E-state index contributed by atoms with van der Waals surface area (Å²) in [4.78, 5) is 35.7. The van der Waals surface area contributed by atoms with Gasteiger partial charge in [-0.2, -0.15) is 0 Å². The van der Waals surface area contributed by atoms with E-state index in [0.717, 1.165) is 8.87 Å². The van der Waals surface area contributed by atoms with Gasteiger partial charge in [0, 0.05) is 34.3 Å². The van der Waals surface area contributed by atoms with Crippen molar-refractivity contribution in [2.75, 3.05) is 14.1 Å². The molecular weight excluding hydrogens is 362 g/mol. The molecule has 0 N–H and O–H groups in total. The molecule has 0 aliphatic rings. The van der Waals surface area contributed by atoms with Crippen molar-refractivity contribution in [2.24, 2.45) is 14.1 Å². The Morgan fingerprint density at radius 3 is 2.19 bits per heavy atom. The van der Waals surface area contributed by atoms with Crippen LogP contribution in [0.5, 0.6) is 0 Å². The molecule has 10 heteroatoms. The van der Waals surface area contributed by atoms with E-state index in [1.54, 1.807) is 0 Å². The highest BCUT2D eigenvalue weighted by molar-refractivity contribution is 7.89. The highest BCUT2D eigenvalue weighted by Crippen LogP contribution is 2.14. The van der Waals surface area contributed by atoms with E-state index in [4.69, 9.17) is 4.74 Å². The molecule has 140 valence electrons. The fourth-order valence-electron chi connectivity index (χ4n) is 2.11. The highest BCUT2D eigenvalue weighted by atomic mass is 32.2. The van der Waals surface area contributed by atoms with Gasteiger partial charge in [0.2, 0.25) is 10.0 Å². The minimum absolute atomic E-state index is 0.0491.